The number of nitrogens with two attached hydrogens (primary N) is 1. The van der Waals surface area contributed by atoms with Crippen LogP contribution in [0.1, 0.15) is 373 Å². The molecule has 0 aliphatic carbocycles. The molecule has 0 aliphatic heterocycles. The maximum Gasteiger partial charge on any atom is 0.472 e. The lowest BCUT2D eigenvalue weighted by Crippen LogP contribution is -2.29. The van der Waals surface area contributed by atoms with E-state index >= 15 is 0 Å². The topological polar surface area (TPSA) is 134 Å². The monoisotopic (exact) mass is 1320 g/mol. The lowest BCUT2D eigenvalue weighted by molar-refractivity contribution is -0.161. The molecule has 3 N–H and O–H groups in total. The molecule has 0 aromatic heterocycles. The zero-order valence-corrected chi connectivity index (χ0v) is 61.6. The standard InChI is InChI=1S/C83H148NO8P/c1-3-5-7-9-11-13-15-17-19-21-23-25-27-29-31-33-35-37-38-39-40-41-42-44-45-47-49-51-53-55-57-59-61-63-65-67-69-71-73-75-82(85)89-79-81(80-91-93(87,88)90-78-77-84)92-83(86)76-74-72-70-68-66-64-62-60-58-56-54-52-50-48-46-43-36-34-32-30-28-26-24-22-20-18-16-14-12-10-8-6-4-2/h5-8,11-14,17-20,23-26,30,32,81H,3-4,9-10,15-16,21-22,27-29,31,33-80,84H2,1-2H3,(H,87,88)/b7-5-,8-6-,13-11-,14-12-,19-17-,20-18-,25-23-,26-24-,32-30-. The minimum atomic E-state index is -4.40. The second-order valence-electron chi connectivity index (χ2n) is 26.2. The number of hydrogen-bond acceptors (Lipinski definition) is 8. The van der Waals surface area contributed by atoms with Crippen molar-refractivity contribution in [3.8, 4) is 0 Å². The predicted molar refractivity (Wildman–Crippen MR) is 404 cm³/mol. The zero-order valence-electron chi connectivity index (χ0n) is 60.7. The van der Waals surface area contributed by atoms with Gasteiger partial charge in [0, 0.05) is 19.4 Å². The molecule has 93 heavy (non-hydrogen) atoms. The molecule has 0 aliphatic rings. The number of phosphoric acid groups is 1. The van der Waals surface area contributed by atoms with E-state index in [9.17, 15) is 19.0 Å². The molecule has 0 saturated carbocycles. The molecule has 9 nitrogen and oxygen atoms in total. The van der Waals surface area contributed by atoms with Gasteiger partial charge in [-0.1, -0.05) is 374 Å². The summed E-state index contributed by atoms with van der Waals surface area (Å²) in [6, 6.07) is 0. The van der Waals surface area contributed by atoms with E-state index in [1.807, 2.05) is 0 Å². The normalized spacial score (nSPS) is 13.5. The van der Waals surface area contributed by atoms with Gasteiger partial charge >= 0.3 is 19.8 Å². The van der Waals surface area contributed by atoms with Gasteiger partial charge in [-0.2, -0.15) is 0 Å². The molecule has 0 amide bonds. The van der Waals surface area contributed by atoms with Crippen molar-refractivity contribution in [2.75, 3.05) is 26.4 Å². The van der Waals surface area contributed by atoms with Crippen LogP contribution in [-0.2, 0) is 32.7 Å². The molecule has 0 radical (unpaired) electrons. The number of allylic oxidation sites excluding steroid dienone is 18. The number of esters is 2. The minimum Gasteiger partial charge on any atom is -0.462 e. The number of hydrogen-bond donors (Lipinski definition) is 2. The van der Waals surface area contributed by atoms with E-state index in [1.165, 1.54) is 244 Å². The molecule has 10 heteroatoms. The first-order chi connectivity index (χ1) is 45.8. The highest BCUT2D eigenvalue weighted by Gasteiger charge is 2.26. The summed E-state index contributed by atoms with van der Waals surface area (Å²) in [6.45, 7) is 3.57. The number of ether oxygens (including phenoxy) is 2. The van der Waals surface area contributed by atoms with E-state index in [2.05, 4.69) is 123 Å². The molecular weight excluding hydrogens is 1170 g/mol. The third-order valence-corrected chi connectivity index (χ3v) is 18.1. The van der Waals surface area contributed by atoms with Gasteiger partial charge in [0.2, 0.25) is 0 Å². The maximum absolute atomic E-state index is 12.8. The van der Waals surface area contributed by atoms with Gasteiger partial charge in [-0.15, -0.1) is 0 Å². The van der Waals surface area contributed by atoms with Crippen molar-refractivity contribution >= 4 is 19.8 Å². The Bertz CT molecular complexity index is 1900. The van der Waals surface area contributed by atoms with Crippen molar-refractivity contribution in [2.24, 2.45) is 5.73 Å². The van der Waals surface area contributed by atoms with Gasteiger partial charge in [0.25, 0.3) is 0 Å². The third-order valence-electron chi connectivity index (χ3n) is 17.2. The van der Waals surface area contributed by atoms with Crippen LogP contribution in [0.3, 0.4) is 0 Å². The Morgan fingerprint density at radius 2 is 0.559 bits per heavy atom. The second-order valence-corrected chi connectivity index (χ2v) is 27.6. The smallest absolute Gasteiger partial charge is 0.462 e. The average molecular weight is 1320 g/mol. The van der Waals surface area contributed by atoms with E-state index in [-0.39, 0.29) is 38.6 Å². The fraction of sp³-hybridized carbons (Fsp3) is 0.759. The van der Waals surface area contributed by atoms with Gasteiger partial charge < -0.3 is 20.1 Å². The summed E-state index contributed by atoms with van der Waals surface area (Å²) in [7, 11) is -4.40. The zero-order chi connectivity index (χ0) is 67.2. The SMILES string of the molecule is CC/C=C\C/C=C\C/C=C\C/C=C\C/C=C\CCCCCCCCCCCCCCCCCCCC(=O)OC(COC(=O)CCCCCCCCCCCCCCCCCCCCCCCCCCCC/C=C\C/C=C\C/C=C\C/C=C\CC)COP(=O)(O)OCCN. The highest BCUT2D eigenvalue weighted by molar-refractivity contribution is 7.47. The first kappa shape index (κ1) is 89.7. The summed E-state index contributed by atoms with van der Waals surface area (Å²) in [5, 5.41) is 0. The van der Waals surface area contributed by atoms with Crippen LogP contribution in [-0.4, -0.2) is 49.3 Å². The number of carbonyl (C=O) groups excluding carboxylic acids is 2. The number of carbonyl (C=O) groups is 2. The average Bonchev–Trinajstić information content (AvgIpc) is 3.32. The molecule has 538 valence electrons. The van der Waals surface area contributed by atoms with E-state index in [0.29, 0.717) is 6.42 Å². The van der Waals surface area contributed by atoms with Crippen molar-refractivity contribution in [3.05, 3.63) is 109 Å². The number of unbranched alkanes of at least 4 members (excludes halogenated alkanes) is 43. The molecule has 0 saturated heterocycles. The highest BCUT2D eigenvalue weighted by atomic mass is 31.2. The summed E-state index contributed by atoms with van der Waals surface area (Å²) in [4.78, 5) is 35.5. The van der Waals surface area contributed by atoms with E-state index in [1.54, 1.807) is 0 Å². The Morgan fingerprint density at radius 3 is 0.828 bits per heavy atom. The highest BCUT2D eigenvalue weighted by Crippen LogP contribution is 2.43. The number of phosphoric ester groups is 1. The fourth-order valence-corrected chi connectivity index (χ4v) is 12.2. The Kier molecular flexibility index (Phi) is 74.9. The van der Waals surface area contributed by atoms with Crippen molar-refractivity contribution in [3.63, 3.8) is 0 Å². The lowest BCUT2D eigenvalue weighted by atomic mass is 10.0. The van der Waals surface area contributed by atoms with Crippen LogP contribution in [0.25, 0.3) is 0 Å². The van der Waals surface area contributed by atoms with Crippen LogP contribution < -0.4 is 5.73 Å². The molecule has 0 spiro atoms. The molecule has 0 bridgehead atoms. The minimum absolute atomic E-state index is 0.0528. The molecule has 2 unspecified atom stereocenters. The second kappa shape index (κ2) is 77.7. The molecule has 0 heterocycles. The molecule has 0 aromatic rings. The Balaban J connectivity index is 3.78. The lowest BCUT2D eigenvalue weighted by Gasteiger charge is -2.19. The van der Waals surface area contributed by atoms with E-state index < -0.39 is 26.5 Å². The van der Waals surface area contributed by atoms with Crippen LogP contribution in [0.15, 0.2) is 109 Å². The van der Waals surface area contributed by atoms with Crippen LogP contribution in [0.4, 0.5) is 0 Å². The van der Waals surface area contributed by atoms with Crippen LogP contribution >= 0.6 is 7.82 Å². The fourth-order valence-electron chi connectivity index (χ4n) is 11.4. The molecule has 0 aromatic carbocycles. The van der Waals surface area contributed by atoms with Crippen LogP contribution in [0, 0.1) is 0 Å². The van der Waals surface area contributed by atoms with Gasteiger partial charge in [-0.3, -0.25) is 18.6 Å². The van der Waals surface area contributed by atoms with Gasteiger partial charge in [-0.25, -0.2) is 4.57 Å². The molecule has 0 fully saturated rings. The van der Waals surface area contributed by atoms with E-state index in [0.717, 1.165) is 96.3 Å². The third kappa shape index (κ3) is 77.6. The van der Waals surface area contributed by atoms with Crippen molar-refractivity contribution in [1.82, 2.24) is 0 Å². The quantitative estimate of drug-likeness (QED) is 0.0264. The summed E-state index contributed by atoms with van der Waals surface area (Å²) >= 11 is 0. The molecular formula is C83H148NO8P. The largest absolute Gasteiger partial charge is 0.472 e. The number of rotatable bonds is 74. The van der Waals surface area contributed by atoms with Crippen molar-refractivity contribution < 1.29 is 37.6 Å². The van der Waals surface area contributed by atoms with Gasteiger partial charge in [0.1, 0.15) is 6.61 Å². The summed E-state index contributed by atoms with van der Waals surface area (Å²) in [5.74, 6) is -0.811. The van der Waals surface area contributed by atoms with Crippen LogP contribution in [0.5, 0.6) is 0 Å². The summed E-state index contributed by atoms with van der Waals surface area (Å²) in [5.41, 5.74) is 5.41. The van der Waals surface area contributed by atoms with Crippen molar-refractivity contribution in [1.29, 1.82) is 0 Å². The maximum atomic E-state index is 12.8. The predicted octanol–water partition coefficient (Wildman–Crippen LogP) is 26.4. The Morgan fingerprint density at radius 1 is 0.323 bits per heavy atom. The first-order valence-corrected chi connectivity index (χ1v) is 40.9. The molecule has 0 rings (SSSR count). The van der Waals surface area contributed by atoms with Gasteiger partial charge in [0.05, 0.1) is 13.2 Å². The first-order valence-electron chi connectivity index (χ1n) is 39.4. The van der Waals surface area contributed by atoms with E-state index in [4.69, 9.17) is 24.3 Å². The summed E-state index contributed by atoms with van der Waals surface area (Å²) in [6.07, 6.45) is 108. The van der Waals surface area contributed by atoms with Crippen LogP contribution in [0.2, 0.25) is 0 Å². The van der Waals surface area contributed by atoms with Crippen molar-refractivity contribution in [2.45, 2.75) is 380 Å². The molecule has 2 atom stereocenters. The van der Waals surface area contributed by atoms with Gasteiger partial charge in [-0.05, 0) is 96.3 Å². The Hall–Kier alpha value is -3.33. The summed E-state index contributed by atoms with van der Waals surface area (Å²) < 4.78 is 33.3. The van der Waals surface area contributed by atoms with Gasteiger partial charge in [0.15, 0.2) is 6.10 Å². The Labute approximate surface area is 575 Å².